The second kappa shape index (κ2) is 4.41. The first kappa shape index (κ1) is 9.45. The molecule has 2 rings (SSSR count). The monoisotopic (exact) mass is 196 g/mol. The molecule has 2 heterocycles. The van der Waals surface area contributed by atoms with E-state index in [-0.39, 0.29) is 5.69 Å². The molecule has 5 nitrogen and oxygen atoms in total. The molecule has 0 spiro atoms. The van der Waals surface area contributed by atoms with E-state index in [0.717, 1.165) is 19.5 Å². The van der Waals surface area contributed by atoms with Crippen molar-refractivity contribution in [2.45, 2.75) is 38.3 Å². The highest BCUT2D eigenvalue weighted by Gasteiger charge is 2.12. The topological polar surface area (TPSA) is 62.7 Å². The Morgan fingerprint density at radius 2 is 2.50 bits per heavy atom. The number of H-pyrrole nitrogens is 1. The number of aromatic amines is 1. The van der Waals surface area contributed by atoms with Crippen molar-refractivity contribution in [1.29, 1.82) is 0 Å². The summed E-state index contributed by atoms with van der Waals surface area (Å²) in [6, 6.07) is 0.575. The van der Waals surface area contributed by atoms with Gasteiger partial charge in [0.15, 0.2) is 0 Å². The Balaban J connectivity index is 1.82. The molecular formula is C9H16N4O. The van der Waals surface area contributed by atoms with Crippen LogP contribution in [0.5, 0.6) is 0 Å². The van der Waals surface area contributed by atoms with Crippen LogP contribution in [0.2, 0.25) is 0 Å². The SMILES string of the molecule is O=c1[nH]ncn1CCC1CCCCN1. The van der Waals surface area contributed by atoms with E-state index in [1.807, 2.05) is 0 Å². The molecule has 14 heavy (non-hydrogen) atoms. The van der Waals surface area contributed by atoms with Crippen LogP contribution in [0.1, 0.15) is 25.7 Å². The molecule has 1 aliphatic rings. The van der Waals surface area contributed by atoms with Gasteiger partial charge in [0.1, 0.15) is 6.33 Å². The summed E-state index contributed by atoms with van der Waals surface area (Å²) in [4.78, 5) is 11.1. The number of nitrogens with zero attached hydrogens (tertiary/aromatic N) is 2. The van der Waals surface area contributed by atoms with Crippen LogP contribution in [0.4, 0.5) is 0 Å². The standard InChI is InChI=1S/C9H16N4O/c14-9-12-11-7-13(9)6-4-8-3-1-2-5-10-8/h7-8,10H,1-6H2,(H,12,14). The van der Waals surface area contributed by atoms with Crippen LogP contribution in [-0.2, 0) is 6.54 Å². The molecule has 0 saturated carbocycles. The molecule has 1 aromatic rings. The molecule has 0 amide bonds. The Morgan fingerprint density at radius 1 is 1.57 bits per heavy atom. The average molecular weight is 196 g/mol. The lowest BCUT2D eigenvalue weighted by Gasteiger charge is -2.23. The minimum absolute atomic E-state index is 0.110. The highest BCUT2D eigenvalue weighted by molar-refractivity contribution is 4.73. The maximum Gasteiger partial charge on any atom is 0.343 e. The zero-order valence-corrected chi connectivity index (χ0v) is 8.20. The molecular weight excluding hydrogens is 180 g/mol. The van der Waals surface area contributed by atoms with Crippen LogP contribution in [0.25, 0.3) is 0 Å². The van der Waals surface area contributed by atoms with Gasteiger partial charge in [0.2, 0.25) is 0 Å². The van der Waals surface area contributed by atoms with E-state index in [1.54, 1.807) is 10.9 Å². The van der Waals surface area contributed by atoms with Crippen LogP contribution >= 0.6 is 0 Å². The minimum atomic E-state index is -0.110. The molecule has 0 bridgehead atoms. The molecule has 1 aromatic heterocycles. The molecule has 2 N–H and O–H groups in total. The number of hydrogen-bond acceptors (Lipinski definition) is 3. The summed E-state index contributed by atoms with van der Waals surface area (Å²) in [6.45, 7) is 1.87. The Bertz CT molecular complexity index is 324. The summed E-state index contributed by atoms with van der Waals surface area (Å²) in [5.74, 6) is 0. The van der Waals surface area contributed by atoms with Crippen LogP contribution < -0.4 is 11.0 Å². The zero-order chi connectivity index (χ0) is 9.80. The van der Waals surface area contributed by atoms with Gasteiger partial charge in [-0.25, -0.2) is 9.89 Å². The molecule has 1 aliphatic heterocycles. The quantitative estimate of drug-likeness (QED) is 0.721. The minimum Gasteiger partial charge on any atom is -0.314 e. The van der Waals surface area contributed by atoms with Gasteiger partial charge in [-0.2, -0.15) is 5.10 Å². The van der Waals surface area contributed by atoms with Crippen molar-refractivity contribution < 1.29 is 0 Å². The van der Waals surface area contributed by atoms with Crippen molar-refractivity contribution in [3.63, 3.8) is 0 Å². The van der Waals surface area contributed by atoms with Gasteiger partial charge in [0.25, 0.3) is 0 Å². The highest BCUT2D eigenvalue weighted by Crippen LogP contribution is 2.10. The van der Waals surface area contributed by atoms with Crippen molar-refractivity contribution in [2.75, 3.05) is 6.54 Å². The van der Waals surface area contributed by atoms with Gasteiger partial charge in [-0.3, -0.25) is 4.57 Å². The second-order valence-electron chi connectivity index (χ2n) is 3.79. The summed E-state index contributed by atoms with van der Waals surface area (Å²) >= 11 is 0. The predicted octanol–water partition coefficient (Wildman–Crippen LogP) is 0.104. The van der Waals surface area contributed by atoms with Gasteiger partial charge in [0.05, 0.1) is 0 Å². The first-order valence-corrected chi connectivity index (χ1v) is 5.19. The smallest absolute Gasteiger partial charge is 0.314 e. The van der Waals surface area contributed by atoms with Crippen LogP contribution in [0, 0.1) is 0 Å². The lowest BCUT2D eigenvalue weighted by atomic mass is 10.0. The van der Waals surface area contributed by atoms with Gasteiger partial charge in [0, 0.05) is 12.6 Å². The lowest BCUT2D eigenvalue weighted by molar-refractivity contribution is 0.365. The molecule has 1 fully saturated rings. The Labute approximate surface area is 82.5 Å². The van der Waals surface area contributed by atoms with Crippen LogP contribution in [0.3, 0.4) is 0 Å². The van der Waals surface area contributed by atoms with Crippen molar-refractivity contribution in [1.82, 2.24) is 20.1 Å². The molecule has 1 atom stereocenters. The van der Waals surface area contributed by atoms with Gasteiger partial charge >= 0.3 is 5.69 Å². The Morgan fingerprint density at radius 3 is 3.14 bits per heavy atom. The summed E-state index contributed by atoms with van der Waals surface area (Å²) in [7, 11) is 0. The number of hydrogen-bond donors (Lipinski definition) is 2. The summed E-state index contributed by atoms with van der Waals surface area (Å²) in [5.41, 5.74) is -0.110. The van der Waals surface area contributed by atoms with Gasteiger partial charge in [-0.1, -0.05) is 6.42 Å². The third-order valence-corrected chi connectivity index (χ3v) is 2.75. The predicted molar refractivity (Wildman–Crippen MR) is 53.1 cm³/mol. The molecule has 1 unspecified atom stereocenters. The fraction of sp³-hybridized carbons (Fsp3) is 0.778. The molecule has 0 aromatic carbocycles. The highest BCUT2D eigenvalue weighted by atomic mass is 16.1. The fourth-order valence-electron chi connectivity index (χ4n) is 1.90. The van der Waals surface area contributed by atoms with Gasteiger partial charge < -0.3 is 5.32 Å². The van der Waals surface area contributed by atoms with Crippen LogP contribution in [0.15, 0.2) is 11.1 Å². The van der Waals surface area contributed by atoms with E-state index in [2.05, 4.69) is 15.5 Å². The first-order valence-electron chi connectivity index (χ1n) is 5.19. The maximum atomic E-state index is 11.1. The van der Waals surface area contributed by atoms with E-state index >= 15 is 0 Å². The number of nitrogens with one attached hydrogen (secondary N) is 2. The average Bonchev–Trinajstić information content (AvgIpc) is 2.63. The summed E-state index contributed by atoms with van der Waals surface area (Å²) < 4.78 is 1.62. The maximum absolute atomic E-state index is 11.1. The summed E-state index contributed by atoms with van der Waals surface area (Å²) in [5, 5.41) is 9.54. The third-order valence-electron chi connectivity index (χ3n) is 2.75. The molecule has 5 heteroatoms. The molecule has 1 saturated heterocycles. The molecule has 0 radical (unpaired) electrons. The fourth-order valence-corrected chi connectivity index (χ4v) is 1.90. The van der Waals surface area contributed by atoms with Crippen LogP contribution in [-0.4, -0.2) is 27.4 Å². The van der Waals surface area contributed by atoms with Crippen molar-refractivity contribution in [3.05, 3.63) is 16.8 Å². The normalized spacial score (nSPS) is 22.4. The zero-order valence-electron chi connectivity index (χ0n) is 8.20. The van der Waals surface area contributed by atoms with E-state index in [0.29, 0.717) is 6.04 Å². The molecule has 78 valence electrons. The number of piperidine rings is 1. The van der Waals surface area contributed by atoms with Crippen molar-refractivity contribution in [2.24, 2.45) is 0 Å². The van der Waals surface area contributed by atoms with Gasteiger partial charge in [-0.15, -0.1) is 0 Å². The van der Waals surface area contributed by atoms with Crippen molar-refractivity contribution in [3.8, 4) is 0 Å². The third kappa shape index (κ3) is 2.23. The van der Waals surface area contributed by atoms with E-state index in [9.17, 15) is 4.79 Å². The number of aryl methyl sites for hydroxylation is 1. The van der Waals surface area contributed by atoms with Crippen molar-refractivity contribution >= 4 is 0 Å². The Kier molecular flexibility index (Phi) is 2.98. The van der Waals surface area contributed by atoms with E-state index in [4.69, 9.17) is 0 Å². The summed E-state index contributed by atoms with van der Waals surface area (Å²) in [6.07, 6.45) is 6.39. The van der Waals surface area contributed by atoms with E-state index < -0.39 is 0 Å². The second-order valence-corrected chi connectivity index (χ2v) is 3.79. The Hall–Kier alpha value is -1.10. The molecule has 0 aliphatic carbocycles. The van der Waals surface area contributed by atoms with E-state index in [1.165, 1.54) is 19.3 Å². The first-order chi connectivity index (χ1) is 6.86. The van der Waals surface area contributed by atoms with Gasteiger partial charge in [-0.05, 0) is 25.8 Å². The number of aromatic nitrogens is 3. The largest absolute Gasteiger partial charge is 0.343 e. The number of rotatable bonds is 3. The lowest BCUT2D eigenvalue weighted by Crippen LogP contribution is -2.35.